The highest BCUT2D eigenvalue weighted by Gasteiger charge is 2.19. The maximum absolute atomic E-state index is 12.7. The Morgan fingerprint density at radius 3 is 0.970 bits per heavy atom. The third kappa shape index (κ3) is 50.3. The Bertz CT molecular complexity index is 1510. The van der Waals surface area contributed by atoms with Crippen LogP contribution < -0.4 is 0 Å². The molecule has 0 aromatic rings. The maximum atomic E-state index is 12.7. The molecule has 6 nitrogen and oxygen atoms in total. The van der Waals surface area contributed by atoms with Crippen molar-refractivity contribution in [2.75, 3.05) is 13.2 Å². The first-order chi connectivity index (χ1) is 32.5. The largest absolute Gasteiger partial charge is 0.462 e. The van der Waals surface area contributed by atoms with E-state index >= 15 is 0 Å². The molecule has 0 heterocycles. The second-order valence-electron chi connectivity index (χ2n) is 16.3. The van der Waals surface area contributed by atoms with Crippen LogP contribution in [0.15, 0.2) is 146 Å². The summed E-state index contributed by atoms with van der Waals surface area (Å²) in [6.45, 7) is 6.24. The van der Waals surface area contributed by atoms with Gasteiger partial charge in [-0.3, -0.25) is 14.4 Å². The summed E-state index contributed by atoms with van der Waals surface area (Å²) in [5.41, 5.74) is 0. The fraction of sp³-hybridized carbons (Fsp3) is 0.550. The van der Waals surface area contributed by atoms with Crippen LogP contribution >= 0.6 is 0 Å². The van der Waals surface area contributed by atoms with Crippen LogP contribution in [0.4, 0.5) is 0 Å². The average molecular weight is 909 g/mol. The molecule has 0 aromatic carbocycles. The number of carbonyl (C=O) groups excluding carboxylic acids is 3. The lowest BCUT2D eigenvalue weighted by Gasteiger charge is -2.18. The van der Waals surface area contributed by atoms with Crippen molar-refractivity contribution in [2.45, 2.75) is 200 Å². The van der Waals surface area contributed by atoms with E-state index in [1.165, 1.54) is 19.3 Å². The SMILES string of the molecule is CC/C=C\C/C=C\C/C=C\C/C=C\C/C=C\C/C=C\C/C=C\CCCCCC(=O)OCC(COC(=O)CCCCCCCC)OC(=O)CCC/C=C\C/C=C\C/C=C\C/C=C\C/C=C\CC. The van der Waals surface area contributed by atoms with Gasteiger partial charge in [0.15, 0.2) is 6.10 Å². The molecule has 0 bridgehead atoms. The Morgan fingerprint density at radius 2 is 0.606 bits per heavy atom. The van der Waals surface area contributed by atoms with Gasteiger partial charge in [0.1, 0.15) is 13.2 Å². The minimum Gasteiger partial charge on any atom is -0.462 e. The Morgan fingerprint density at radius 1 is 0.318 bits per heavy atom. The number of carbonyl (C=O) groups is 3. The molecule has 0 N–H and O–H groups in total. The van der Waals surface area contributed by atoms with E-state index in [1.807, 2.05) is 0 Å². The van der Waals surface area contributed by atoms with E-state index in [0.717, 1.165) is 128 Å². The van der Waals surface area contributed by atoms with Crippen LogP contribution in [0.3, 0.4) is 0 Å². The predicted molar refractivity (Wildman–Crippen MR) is 283 cm³/mol. The molecule has 1 atom stereocenters. The van der Waals surface area contributed by atoms with Gasteiger partial charge in [-0.15, -0.1) is 0 Å². The van der Waals surface area contributed by atoms with E-state index in [0.29, 0.717) is 19.3 Å². The number of ether oxygens (including phenoxy) is 3. The summed E-state index contributed by atoms with van der Waals surface area (Å²) in [6, 6.07) is 0. The number of hydrogen-bond donors (Lipinski definition) is 0. The molecule has 0 radical (unpaired) electrons. The summed E-state index contributed by atoms with van der Waals surface area (Å²) in [4.78, 5) is 37.7. The van der Waals surface area contributed by atoms with E-state index in [-0.39, 0.29) is 37.5 Å². The molecule has 0 aliphatic carbocycles. The van der Waals surface area contributed by atoms with Crippen LogP contribution in [0, 0.1) is 0 Å². The number of esters is 3. The van der Waals surface area contributed by atoms with Crippen LogP contribution in [0.25, 0.3) is 0 Å². The number of rotatable bonds is 44. The number of unbranched alkanes of at least 4 members (excludes halogenated alkanes) is 9. The van der Waals surface area contributed by atoms with E-state index in [1.54, 1.807) is 0 Å². The van der Waals surface area contributed by atoms with Crippen LogP contribution in [0.1, 0.15) is 194 Å². The van der Waals surface area contributed by atoms with E-state index in [9.17, 15) is 14.4 Å². The summed E-state index contributed by atoms with van der Waals surface area (Å²) in [5, 5.41) is 0. The van der Waals surface area contributed by atoms with Crippen molar-refractivity contribution < 1.29 is 28.6 Å². The molecule has 0 aromatic heterocycles. The summed E-state index contributed by atoms with van der Waals surface area (Å²) in [6.07, 6.45) is 75.8. The molecule has 0 fully saturated rings. The Labute approximate surface area is 404 Å². The quantitative estimate of drug-likeness (QED) is 0.0262. The lowest BCUT2D eigenvalue weighted by atomic mass is 10.1. The van der Waals surface area contributed by atoms with Gasteiger partial charge in [0.2, 0.25) is 0 Å². The molecule has 0 aliphatic rings. The molecule has 0 amide bonds. The van der Waals surface area contributed by atoms with Crippen LogP contribution in [-0.2, 0) is 28.6 Å². The zero-order valence-corrected chi connectivity index (χ0v) is 41.9. The van der Waals surface area contributed by atoms with Gasteiger partial charge in [-0.1, -0.05) is 205 Å². The topological polar surface area (TPSA) is 78.9 Å². The molecule has 0 saturated heterocycles. The first kappa shape index (κ1) is 61.3. The lowest BCUT2D eigenvalue weighted by molar-refractivity contribution is -0.167. The van der Waals surface area contributed by atoms with Crippen molar-refractivity contribution in [3.8, 4) is 0 Å². The minimum atomic E-state index is -0.824. The zero-order chi connectivity index (χ0) is 47.9. The number of hydrogen-bond acceptors (Lipinski definition) is 6. The van der Waals surface area contributed by atoms with Gasteiger partial charge in [-0.25, -0.2) is 0 Å². The highest BCUT2D eigenvalue weighted by molar-refractivity contribution is 5.71. The van der Waals surface area contributed by atoms with E-state index < -0.39 is 6.10 Å². The van der Waals surface area contributed by atoms with Crippen molar-refractivity contribution in [2.24, 2.45) is 0 Å². The van der Waals surface area contributed by atoms with Gasteiger partial charge in [-0.2, -0.15) is 0 Å². The molecule has 0 aliphatic heterocycles. The third-order valence-corrected chi connectivity index (χ3v) is 10.1. The predicted octanol–water partition coefficient (Wildman–Crippen LogP) is 17.3. The molecule has 66 heavy (non-hydrogen) atoms. The van der Waals surface area contributed by atoms with Crippen LogP contribution in [0.2, 0.25) is 0 Å². The lowest BCUT2D eigenvalue weighted by Crippen LogP contribution is -2.30. The summed E-state index contributed by atoms with van der Waals surface area (Å²) < 4.78 is 16.6. The summed E-state index contributed by atoms with van der Waals surface area (Å²) in [5.74, 6) is -1.03. The van der Waals surface area contributed by atoms with Gasteiger partial charge in [0.05, 0.1) is 0 Å². The maximum Gasteiger partial charge on any atom is 0.306 e. The highest BCUT2D eigenvalue weighted by atomic mass is 16.6. The van der Waals surface area contributed by atoms with Crippen molar-refractivity contribution in [3.63, 3.8) is 0 Å². The Kier molecular flexibility index (Phi) is 49.1. The standard InChI is InChI=1S/C60H92O6/c1-4-7-10-13-16-18-20-22-24-26-27-28-29-30-31-32-33-35-36-38-40-42-44-47-50-53-59(62)65-56-57(55-64-58(61)52-49-46-15-12-9-6-3)66-60(63)54-51-48-45-43-41-39-37-34-25-23-21-19-17-14-11-8-5-2/h7-8,10-11,16-19,22-25,27-28,30-31,33,35,37-40,43,45,57H,4-6,9,12-15,20-21,26,29,32,34,36,41-42,44,46-56H2,1-3H3/b10-7-,11-8-,18-16-,19-17-,24-22-,25-23-,28-27-,31-30-,35-33-,39-37-,40-38-,45-43-. The van der Waals surface area contributed by atoms with Crippen LogP contribution in [0.5, 0.6) is 0 Å². The highest BCUT2D eigenvalue weighted by Crippen LogP contribution is 2.11. The first-order valence-corrected chi connectivity index (χ1v) is 25.8. The summed E-state index contributed by atoms with van der Waals surface area (Å²) in [7, 11) is 0. The van der Waals surface area contributed by atoms with Gasteiger partial charge in [0, 0.05) is 19.3 Å². The van der Waals surface area contributed by atoms with Gasteiger partial charge in [-0.05, 0) is 116 Å². The third-order valence-electron chi connectivity index (χ3n) is 10.1. The second-order valence-corrected chi connectivity index (χ2v) is 16.3. The second kappa shape index (κ2) is 52.9. The van der Waals surface area contributed by atoms with Gasteiger partial charge in [0.25, 0.3) is 0 Å². The average Bonchev–Trinajstić information content (AvgIpc) is 3.31. The van der Waals surface area contributed by atoms with Gasteiger partial charge >= 0.3 is 17.9 Å². The molecule has 1 unspecified atom stereocenters. The van der Waals surface area contributed by atoms with Crippen molar-refractivity contribution >= 4 is 17.9 Å². The smallest absolute Gasteiger partial charge is 0.306 e. The normalized spacial score (nSPS) is 13.3. The van der Waals surface area contributed by atoms with Gasteiger partial charge < -0.3 is 14.2 Å². The fourth-order valence-corrected chi connectivity index (χ4v) is 6.28. The molecular formula is C60H92O6. The Hall–Kier alpha value is -4.71. The first-order valence-electron chi connectivity index (χ1n) is 25.8. The number of allylic oxidation sites excluding steroid dienone is 24. The minimum absolute atomic E-state index is 0.118. The zero-order valence-electron chi connectivity index (χ0n) is 41.9. The molecule has 0 spiro atoms. The molecule has 0 rings (SSSR count). The molecular weight excluding hydrogens is 817 g/mol. The monoisotopic (exact) mass is 909 g/mol. The van der Waals surface area contributed by atoms with Crippen molar-refractivity contribution in [1.82, 2.24) is 0 Å². The van der Waals surface area contributed by atoms with Crippen molar-refractivity contribution in [3.05, 3.63) is 146 Å². The van der Waals surface area contributed by atoms with Crippen LogP contribution in [-0.4, -0.2) is 37.2 Å². The van der Waals surface area contributed by atoms with Crippen molar-refractivity contribution in [1.29, 1.82) is 0 Å². The molecule has 0 saturated carbocycles. The summed E-state index contributed by atoms with van der Waals surface area (Å²) >= 11 is 0. The van der Waals surface area contributed by atoms with E-state index in [2.05, 4.69) is 167 Å². The molecule has 368 valence electrons. The molecule has 6 heteroatoms. The fourth-order valence-electron chi connectivity index (χ4n) is 6.28. The Balaban J connectivity index is 4.38. The van der Waals surface area contributed by atoms with E-state index in [4.69, 9.17) is 14.2 Å².